The van der Waals surface area contributed by atoms with E-state index in [2.05, 4.69) is 5.32 Å². The van der Waals surface area contributed by atoms with Crippen molar-refractivity contribution in [1.29, 1.82) is 0 Å². The van der Waals surface area contributed by atoms with E-state index >= 15 is 0 Å². The summed E-state index contributed by atoms with van der Waals surface area (Å²) >= 11 is 0. The second-order valence-corrected chi connectivity index (χ2v) is 8.62. The van der Waals surface area contributed by atoms with Gasteiger partial charge < -0.3 is 11.1 Å². The van der Waals surface area contributed by atoms with Gasteiger partial charge in [0.1, 0.15) is 0 Å². The van der Waals surface area contributed by atoms with Crippen molar-refractivity contribution < 1.29 is 13.2 Å². The predicted octanol–water partition coefficient (Wildman–Crippen LogP) is 3.17. The molecule has 0 heterocycles. The first-order chi connectivity index (χ1) is 12.2. The van der Waals surface area contributed by atoms with E-state index in [-0.39, 0.29) is 23.2 Å². The third kappa shape index (κ3) is 7.07. The van der Waals surface area contributed by atoms with Crippen molar-refractivity contribution in [1.82, 2.24) is 9.62 Å². The molecule has 0 fully saturated rings. The maximum Gasteiger partial charge on any atom is 0.251 e. The van der Waals surface area contributed by atoms with Crippen molar-refractivity contribution in [3.8, 4) is 0 Å². The Morgan fingerprint density at radius 2 is 1.52 bits per heavy atom. The first-order valence-electron chi connectivity index (χ1n) is 9.41. The number of halogens is 1. The summed E-state index contributed by atoms with van der Waals surface area (Å²) < 4.78 is 27.0. The molecule has 6 nitrogen and oxygen atoms in total. The van der Waals surface area contributed by atoms with Crippen LogP contribution in [-0.2, 0) is 10.0 Å². The van der Waals surface area contributed by atoms with Crippen molar-refractivity contribution in [2.24, 2.45) is 5.73 Å². The van der Waals surface area contributed by atoms with Crippen LogP contribution in [0, 0.1) is 0 Å². The van der Waals surface area contributed by atoms with Gasteiger partial charge in [0, 0.05) is 30.7 Å². The maximum atomic E-state index is 12.7. The van der Waals surface area contributed by atoms with E-state index in [1.807, 2.05) is 27.7 Å². The molecule has 0 aliphatic rings. The minimum Gasteiger partial charge on any atom is -0.350 e. The lowest BCUT2D eigenvalue weighted by Crippen LogP contribution is -2.49. The number of carbonyl (C=O) groups is 1. The van der Waals surface area contributed by atoms with Crippen LogP contribution in [0.3, 0.4) is 0 Å². The van der Waals surface area contributed by atoms with Crippen molar-refractivity contribution in [3.05, 3.63) is 29.8 Å². The van der Waals surface area contributed by atoms with E-state index in [0.29, 0.717) is 25.2 Å². The fourth-order valence-corrected chi connectivity index (χ4v) is 4.26. The van der Waals surface area contributed by atoms with Crippen molar-refractivity contribution in [2.45, 2.75) is 63.8 Å². The summed E-state index contributed by atoms with van der Waals surface area (Å²) in [5, 5.41) is 2.84. The number of nitrogens with one attached hydrogen (secondary N) is 1. The van der Waals surface area contributed by atoms with Crippen molar-refractivity contribution >= 4 is 28.3 Å². The van der Waals surface area contributed by atoms with Gasteiger partial charge in [-0.05, 0) is 49.9 Å². The summed E-state index contributed by atoms with van der Waals surface area (Å²) in [5.74, 6) is -0.246. The lowest BCUT2D eigenvalue weighted by atomic mass is 9.94. The molecule has 0 aliphatic heterocycles. The zero-order chi connectivity index (χ0) is 19.8. The lowest BCUT2D eigenvalue weighted by molar-refractivity contribution is 0.0942. The smallest absolute Gasteiger partial charge is 0.251 e. The standard InChI is InChI=1S/C19H33N3O3S.ClH/c1-5-13-22(14-6-2)26(24,25)17-11-9-16(10-12-17)18(23)21-15-19(20,7-3)8-4;/h9-12H,5-8,13-15,20H2,1-4H3,(H,21,23);1H. The van der Waals surface area contributed by atoms with Crippen LogP contribution in [0.2, 0.25) is 0 Å². The van der Waals surface area contributed by atoms with Crippen LogP contribution in [0.5, 0.6) is 0 Å². The second kappa shape index (κ2) is 11.6. The highest BCUT2D eigenvalue weighted by atomic mass is 35.5. The Balaban J connectivity index is 0.00000676. The fraction of sp³-hybridized carbons (Fsp3) is 0.632. The quantitative estimate of drug-likeness (QED) is 0.576. The van der Waals surface area contributed by atoms with Gasteiger partial charge in [-0.15, -0.1) is 12.4 Å². The highest BCUT2D eigenvalue weighted by molar-refractivity contribution is 7.89. The zero-order valence-corrected chi connectivity index (χ0v) is 18.5. The van der Waals surface area contributed by atoms with Gasteiger partial charge in [0.05, 0.1) is 4.90 Å². The van der Waals surface area contributed by atoms with E-state index in [9.17, 15) is 13.2 Å². The molecule has 0 saturated carbocycles. The first kappa shape index (κ1) is 25.9. The summed E-state index contributed by atoms with van der Waals surface area (Å²) in [6.45, 7) is 9.27. The molecular weight excluding hydrogens is 386 g/mol. The van der Waals surface area contributed by atoms with Crippen LogP contribution >= 0.6 is 12.4 Å². The molecule has 1 aromatic rings. The number of nitrogens with two attached hydrogens (primary N) is 1. The number of rotatable bonds is 11. The number of hydrogen-bond donors (Lipinski definition) is 2. The normalized spacial score (nSPS) is 11.9. The van der Waals surface area contributed by atoms with E-state index in [4.69, 9.17) is 5.73 Å². The molecule has 0 aliphatic carbocycles. The van der Waals surface area contributed by atoms with Gasteiger partial charge in [-0.1, -0.05) is 27.7 Å². The first-order valence-corrected chi connectivity index (χ1v) is 10.8. The van der Waals surface area contributed by atoms with Crippen LogP contribution in [0.15, 0.2) is 29.2 Å². The van der Waals surface area contributed by atoms with Gasteiger partial charge in [-0.25, -0.2) is 8.42 Å². The topological polar surface area (TPSA) is 92.5 Å². The SMILES string of the molecule is CCCN(CCC)S(=O)(=O)c1ccc(C(=O)NCC(N)(CC)CC)cc1.Cl. The van der Waals surface area contributed by atoms with Crippen LogP contribution in [0.25, 0.3) is 0 Å². The number of benzene rings is 1. The maximum absolute atomic E-state index is 12.7. The molecule has 0 bridgehead atoms. The molecule has 27 heavy (non-hydrogen) atoms. The number of sulfonamides is 1. The third-order valence-corrected chi connectivity index (χ3v) is 6.62. The number of hydrogen-bond acceptors (Lipinski definition) is 4. The van der Waals surface area contributed by atoms with Gasteiger partial charge in [0.25, 0.3) is 5.91 Å². The van der Waals surface area contributed by atoms with E-state index in [1.165, 1.54) is 16.4 Å². The Hall–Kier alpha value is -1.15. The Kier molecular flexibility index (Phi) is 11.1. The number of carbonyl (C=O) groups excluding carboxylic acids is 1. The van der Waals surface area contributed by atoms with Crippen molar-refractivity contribution in [3.63, 3.8) is 0 Å². The van der Waals surface area contributed by atoms with Gasteiger partial charge in [-0.3, -0.25) is 4.79 Å². The van der Waals surface area contributed by atoms with Crippen LogP contribution < -0.4 is 11.1 Å². The summed E-state index contributed by atoms with van der Waals surface area (Å²) in [5.41, 5.74) is 6.20. The lowest BCUT2D eigenvalue weighted by Gasteiger charge is -2.26. The Bertz CT molecular complexity index is 668. The molecule has 156 valence electrons. The average Bonchev–Trinajstić information content (AvgIpc) is 2.65. The van der Waals surface area contributed by atoms with E-state index in [0.717, 1.165) is 25.7 Å². The highest BCUT2D eigenvalue weighted by Gasteiger charge is 2.24. The van der Waals surface area contributed by atoms with Gasteiger partial charge in [0.15, 0.2) is 0 Å². The second-order valence-electron chi connectivity index (χ2n) is 6.68. The van der Waals surface area contributed by atoms with Gasteiger partial charge in [0.2, 0.25) is 10.0 Å². The Morgan fingerprint density at radius 1 is 1.04 bits per heavy atom. The van der Waals surface area contributed by atoms with Gasteiger partial charge >= 0.3 is 0 Å². The Labute approximate surface area is 170 Å². The van der Waals surface area contributed by atoms with Crippen molar-refractivity contribution in [2.75, 3.05) is 19.6 Å². The molecule has 1 amide bonds. The summed E-state index contributed by atoms with van der Waals surface area (Å²) in [7, 11) is -3.53. The summed E-state index contributed by atoms with van der Waals surface area (Å²) in [6, 6.07) is 6.10. The molecule has 1 rings (SSSR count). The molecule has 0 aromatic heterocycles. The molecule has 0 atom stereocenters. The summed E-state index contributed by atoms with van der Waals surface area (Å²) in [4.78, 5) is 12.5. The zero-order valence-electron chi connectivity index (χ0n) is 16.8. The minimum atomic E-state index is -3.53. The molecule has 1 aromatic carbocycles. The molecule has 0 spiro atoms. The van der Waals surface area contributed by atoms with E-state index in [1.54, 1.807) is 12.1 Å². The largest absolute Gasteiger partial charge is 0.350 e. The predicted molar refractivity (Wildman–Crippen MR) is 113 cm³/mol. The van der Waals surface area contributed by atoms with Crippen LogP contribution in [0.1, 0.15) is 63.7 Å². The molecule has 3 N–H and O–H groups in total. The third-order valence-electron chi connectivity index (χ3n) is 4.71. The molecule has 0 saturated heterocycles. The molecule has 8 heteroatoms. The average molecular weight is 420 g/mol. The fourth-order valence-electron chi connectivity index (χ4n) is 2.64. The molecular formula is C19H34ClN3O3S. The van der Waals surface area contributed by atoms with E-state index < -0.39 is 15.6 Å². The molecule has 0 radical (unpaired) electrons. The minimum absolute atomic E-state index is 0. The van der Waals surface area contributed by atoms with Crippen LogP contribution in [0.4, 0.5) is 0 Å². The number of nitrogens with zero attached hydrogens (tertiary/aromatic N) is 1. The van der Waals surface area contributed by atoms with Gasteiger partial charge in [-0.2, -0.15) is 4.31 Å². The highest BCUT2D eigenvalue weighted by Crippen LogP contribution is 2.17. The van der Waals surface area contributed by atoms with Crippen LogP contribution in [-0.4, -0.2) is 43.8 Å². The monoisotopic (exact) mass is 419 g/mol. The molecule has 0 unspecified atom stereocenters. The summed E-state index contributed by atoms with van der Waals surface area (Å²) in [6.07, 6.45) is 3.06. The number of amides is 1. The Morgan fingerprint density at radius 3 is 1.93 bits per heavy atom.